The van der Waals surface area contributed by atoms with Crippen molar-refractivity contribution in [1.29, 1.82) is 0 Å². The average Bonchev–Trinajstić information content (AvgIpc) is 3.47. The molecule has 0 saturated heterocycles. The van der Waals surface area contributed by atoms with E-state index in [1.165, 1.54) is 4.57 Å². The highest BCUT2D eigenvalue weighted by Gasteiger charge is 2.38. The Morgan fingerprint density at radius 3 is 2.52 bits per heavy atom. The molecule has 1 amide bonds. The molecule has 2 aliphatic rings. The molecule has 3 aromatic carbocycles. The van der Waals surface area contributed by atoms with Gasteiger partial charge in [0.2, 0.25) is 0 Å². The topological polar surface area (TPSA) is 90.2 Å². The van der Waals surface area contributed by atoms with E-state index >= 15 is 0 Å². The maximum atomic E-state index is 14.4. The first kappa shape index (κ1) is 27.9. The van der Waals surface area contributed by atoms with Crippen molar-refractivity contribution in [2.45, 2.75) is 19.9 Å². The van der Waals surface area contributed by atoms with Gasteiger partial charge < -0.3 is 14.4 Å². The van der Waals surface area contributed by atoms with Gasteiger partial charge in [-0.2, -0.15) is 0 Å². The third-order valence-corrected chi connectivity index (χ3v) is 8.83. The Morgan fingerprint density at radius 2 is 1.81 bits per heavy atom. The summed E-state index contributed by atoms with van der Waals surface area (Å²) >= 11 is 4.66. The third kappa shape index (κ3) is 4.51. The van der Waals surface area contributed by atoms with Gasteiger partial charge in [-0.25, -0.2) is 9.79 Å². The first-order valence-electron chi connectivity index (χ1n) is 13.4. The highest BCUT2D eigenvalue weighted by molar-refractivity contribution is 9.10. The number of ether oxygens (including phenoxy) is 2. The number of anilines is 1. The summed E-state index contributed by atoms with van der Waals surface area (Å²) in [5, 5.41) is 0. The number of halogens is 1. The van der Waals surface area contributed by atoms with E-state index in [0.29, 0.717) is 45.1 Å². The minimum atomic E-state index is -0.874. The molecule has 4 aromatic rings. The predicted octanol–water partition coefficient (Wildman–Crippen LogP) is 4.44. The predicted molar refractivity (Wildman–Crippen MR) is 165 cm³/mol. The van der Waals surface area contributed by atoms with E-state index in [4.69, 9.17) is 14.5 Å². The van der Waals surface area contributed by atoms with Crippen LogP contribution in [0.3, 0.4) is 0 Å². The van der Waals surface area contributed by atoms with Crippen LogP contribution in [-0.4, -0.2) is 36.7 Å². The van der Waals surface area contributed by atoms with Gasteiger partial charge in [0.05, 0.1) is 42.3 Å². The lowest BCUT2D eigenvalue weighted by atomic mass is 9.93. The molecule has 10 heteroatoms. The number of aromatic nitrogens is 1. The summed E-state index contributed by atoms with van der Waals surface area (Å²) in [5.41, 5.74) is 3.33. The minimum absolute atomic E-state index is 0.150. The summed E-state index contributed by atoms with van der Waals surface area (Å²) in [4.78, 5) is 48.8. The molecule has 1 aromatic heterocycles. The van der Waals surface area contributed by atoms with Gasteiger partial charge in [-0.15, -0.1) is 0 Å². The largest absolute Gasteiger partial charge is 0.497 e. The van der Waals surface area contributed by atoms with Crippen LogP contribution >= 0.6 is 27.3 Å². The molecule has 0 bridgehead atoms. The Morgan fingerprint density at radius 1 is 1.02 bits per heavy atom. The molecular weight excluding hydrogens is 618 g/mol. The smallest absolute Gasteiger partial charge is 0.338 e. The van der Waals surface area contributed by atoms with Crippen LogP contribution in [0.5, 0.6) is 5.75 Å². The van der Waals surface area contributed by atoms with E-state index in [1.54, 1.807) is 31.1 Å². The first-order chi connectivity index (χ1) is 20.4. The highest BCUT2D eigenvalue weighted by atomic mass is 79.9. The Balaban J connectivity index is 1.73. The number of thiazole rings is 1. The number of hydrogen-bond donors (Lipinski definition) is 0. The average molecular weight is 645 g/mol. The van der Waals surface area contributed by atoms with Crippen molar-refractivity contribution >= 4 is 56.1 Å². The molecule has 0 unspecified atom stereocenters. The zero-order chi connectivity index (χ0) is 29.5. The molecule has 42 heavy (non-hydrogen) atoms. The van der Waals surface area contributed by atoms with Crippen LogP contribution in [0.2, 0.25) is 0 Å². The van der Waals surface area contributed by atoms with Crippen LogP contribution in [0.1, 0.15) is 36.6 Å². The molecule has 2 aliphatic heterocycles. The molecule has 6 rings (SSSR count). The van der Waals surface area contributed by atoms with Crippen molar-refractivity contribution in [2.24, 2.45) is 4.99 Å². The molecule has 0 N–H and O–H groups in total. The van der Waals surface area contributed by atoms with E-state index < -0.39 is 17.6 Å². The normalized spacial score (nSPS) is 17.1. The monoisotopic (exact) mass is 643 g/mol. The Hall–Kier alpha value is -4.28. The van der Waals surface area contributed by atoms with Gasteiger partial charge in [-0.05, 0) is 49.7 Å². The van der Waals surface area contributed by atoms with Crippen molar-refractivity contribution < 1.29 is 19.1 Å². The summed E-state index contributed by atoms with van der Waals surface area (Å²) in [7, 11) is 1.56. The fourth-order valence-electron chi connectivity index (χ4n) is 5.45. The lowest BCUT2D eigenvalue weighted by Gasteiger charge is -2.26. The van der Waals surface area contributed by atoms with Gasteiger partial charge in [0.15, 0.2) is 4.80 Å². The first-order valence-corrected chi connectivity index (χ1v) is 15.1. The van der Waals surface area contributed by atoms with Gasteiger partial charge in [0.1, 0.15) is 10.3 Å². The van der Waals surface area contributed by atoms with Crippen LogP contribution in [0, 0.1) is 0 Å². The SMILES string of the molecule is CCOC(=O)C1=C(c2ccccc2)N=c2s/c(=C3/C(=O)N(CC)c4ccc(Br)cc43)c(=O)n2[C@@H]1c1cccc(OC)c1. The maximum absolute atomic E-state index is 14.4. The van der Waals surface area contributed by atoms with Crippen molar-refractivity contribution in [3.05, 3.63) is 119 Å². The number of hydrogen-bond acceptors (Lipinski definition) is 7. The molecule has 3 heterocycles. The highest BCUT2D eigenvalue weighted by Crippen LogP contribution is 2.38. The van der Waals surface area contributed by atoms with Gasteiger partial charge in [-0.3, -0.25) is 14.2 Å². The zero-order valence-corrected chi connectivity index (χ0v) is 25.5. The molecule has 0 spiro atoms. The second kappa shape index (κ2) is 11.2. The molecule has 0 radical (unpaired) electrons. The molecular formula is C32H26BrN3O5S. The standard InChI is InChI=1S/C32H26BrN3O5S/c1-4-35-23-15-14-20(33)17-22(23)24(29(35)37)28-30(38)36-27(19-12-9-13-21(16-19)40-3)25(31(39)41-5-2)26(34-32(36)42-28)18-10-7-6-8-11-18/h6-17,27H,4-5H2,1-3H3/b28-24+/t27-/m1/s1. The van der Waals surface area contributed by atoms with Gasteiger partial charge in [0.25, 0.3) is 11.5 Å². The van der Waals surface area contributed by atoms with E-state index in [1.807, 2.05) is 67.6 Å². The van der Waals surface area contributed by atoms with E-state index in [-0.39, 0.29) is 22.6 Å². The molecule has 0 saturated carbocycles. The number of likely N-dealkylation sites (N-methyl/N-ethyl adjacent to an activating group) is 1. The van der Waals surface area contributed by atoms with Crippen LogP contribution in [0.25, 0.3) is 11.3 Å². The summed E-state index contributed by atoms with van der Waals surface area (Å²) in [6.07, 6.45) is 0. The number of nitrogens with zero attached hydrogens (tertiary/aromatic N) is 3. The molecule has 0 aliphatic carbocycles. The quantitative estimate of drug-likeness (QED) is 0.290. The van der Waals surface area contributed by atoms with Gasteiger partial charge in [0, 0.05) is 22.1 Å². The Labute approximate surface area is 254 Å². The summed E-state index contributed by atoms with van der Waals surface area (Å²) < 4.78 is 13.6. The van der Waals surface area contributed by atoms with Crippen LogP contribution in [0.15, 0.2) is 92.6 Å². The maximum Gasteiger partial charge on any atom is 0.338 e. The third-order valence-electron chi connectivity index (χ3n) is 7.28. The van der Waals surface area contributed by atoms with Gasteiger partial charge in [-0.1, -0.05) is 69.7 Å². The number of carbonyl (C=O) groups is 2. The van der Waals surface area contributed by atoms with Crippen LogP contribution < -0.4 is 24.5 Å². The number of fused-ring (bicyclic) bond motifs is 2. The van der Waals surface area contributed by atoms with Crippen LogP contribution in [0.4, 0.5) is 5.69 Å². The van der Waals surface area contributed by atoms with Crippen molar-refractivity contribution in [1.82, 2.24) is 4.57 Å². The number of methoxy groups -OCH3 is 1. The second-order valence-corrected chi connectivity index (χ2v) is 11.5. The van der Waals surface area contributed by atoms with Crippen molar-refractivity contribution in [3.8, 4) is 5.75 Å². The van der Waals surface area contributed by atoms with Gasteiger partial charge >= 0.3 is 5.97 Å². The van der Waals surface area contributed by atoms with E-state index in [0.717, 1.165) is 21.5 Å². The lowest BCUT2D eigenvalue weighted by Crippen LogP contribution is -2.41. The number of amides is 1. The summed E-state index contributed by atoms with van der Waals surface area (Å²) in [6.45, 7) is 4.23. The second-order valence-electron chi connectivity index (χ2n) is 9.61. The fourth-order valence-corrected chi connectivity index (χ4v) is 6.91. The minimum Gasteiger partial charge on any atom is -0.497 e. The molecule has 212 valence electrons. The fraction of sp³-hybridized carbons (Fsp3) is 0.188. The zero-order valence-electron chi connectivity index (χ0n) is 23.1. The number of rotatable bonds is 6. The van der Waals surface area contributed by atoms with E-state index in [9.17, 15) is 14.4 Å². The van der Waals surface area contributed by atoms with E-state index in [2.05, 4.69) is 15.9 Å². The molecule has 0 fully saturated rings. The summed E-state index contributed by atoms with van der Waals surface area (Å²) in [6, 6.07) is 21.3. The van der Waals surface area contributed by atoms with Crippen molar-refractivity contribution in [2.75, 3.05) is 25.2 Å². The lowest BCUT2D eigenvalue weighted by molar-refractivity contribution is -0.138. The van der Waals surface area contributed by atoms with Crippen molar-refractivity contribution in [3.63, 3.8) is 0 Å². The molecule has 8 nitrogen and oxygen atoms in total. The number of esters is 1. The summed E-state index contributed by atoms with van der Waals surface area (Å²) in [5.74, 6) is -0.252. The Bertz CT molecular complexity index is 1960. The number of carbonyl (C=O) groups excluding carboxylic acids is 2. The Kier molecular flexibility index (Phi) is 7.42. The molecule has 1 atom stereocenters. The number of benzene rings is 3. The van der Waals surface area contributed by atoms with Crippen LogP contribution in [-0.2, 0) is 14.3 Å².